The molecule has 0 radical (unpaired) electrons. The van der Waals surface area contributed by atoms with Crippen molar-refractivity contribution < 1.29 is 9.59 Å². The van der Waals surface area contributed by atoms with Crippen molar-refractivity contribution in [2.75, 3.05) is 16.8 Å². The second-order valence-corrected chi connectivity index (χ2v) is 7.08. The Morgan fingerprint density at radius 2 is 2.12 bits per heavy atom. The minimum atomic E-state index is -0.368. The fourth-order valence-corrected chi connectivity index (χ4v) is 3.36. The van der Waals surface area contributed by atoms with Crippen molar-refractivity contribution >= 4 is 34.0 Å². The van der Waals surface area contributed by atoms with Crippen LogP contribution in [0.5, 0.6) is 0 Å². The molecular weight excluding hydrogens is 324 g/mol. The van der Waals surface area contributed by atoms with E-state index in [1.54, 1.807) is 4.90 Å². The van der Waals surface area contributed by atoms with Crippen LogP contribution in [0.4, 0.5) is 10.8 Å². The second kappa shape index (κ2) is 6.68. The van der Waals surface area contributed by atoms with Gasteiger partial charge in [0, 0.05) is 18.7 Å². The summed E-state index contributed by atoms with van der Waals surface area (Å²) < 4.78 is 0. The number of aryl methyl sites for hydroxylation is 3. The predicted molar refractivity (Wildman–Crippen MR) is 94.3 cm³/mol. The van der Waals surface area contributed by atoms with E-state index in [0.717, 1.165) is 22.7 Å². The number of carbonyl (C=O) groups is 2. The Balaban J connectivity index is 1.69. The molecule has 1 atom stereocenters. The SMILES string of the molecule is CCc1nnc(NC(=O)[C@H]2CC(=O)N(c3ccc(C)c(C)c3)C2)s1. The van der Waals surface area contributed by atoms with Gasteiger partial charge in [-0.05, 0) is 43.5 Å². The zero-order chi connectivity index (χ0) is 17.3. The van der Waals surface area contributed by atoms with Gasteiger partial charge in [0.2, 0.25) is 16.9 Å². The van der Waals surface area contributed by atoms with Gasteiger partial charge in [0.15, 0.2) is 0 Å². The molecule has 2 aromatic rings. The molecule has 0 unspecified atom stereocenters. The van der Waals surface area contributed by atoms with Gasteiger partial charge in [-0.3, -0.25) is 9.59 Å². The molecule has 0 aliphatic carbocycles. The Labute approximate surface area is 144 Å². The van der Waals surface area contributed by atoms with Crippen molar-refractivity contribution in [1.82, 2.24) is 10.2 Å². The van der Waals surface area contributed by atoms with E-state index in [-0.39, 0.29) is 24.2 Å². The highest BCUT2D eigenvalue weighted by Gasteiger charge is 2.35. The number of nitrogens with zero attached hydrogens (tertiary/aromatic N) is 3. The van der Waals surface area contributed by atoms with Crippen LogP contribution >= 0.6 is 11.3 Å². The van der Waals surface area contributed by atoms with Crippen LogP contribution in [0.15, 0.2) is 18.2 Å². The second-order valence-electron chi connectivity index (χ2n) is 6.02. The molecule has 1 saturated heterocycles. The highest BCUT2D eigenvalue weighted by Crippen LogP contribution is 2.28. The first-order valence-electron chi connectivity index (χ1n) is 7.98. The van der Waals surface area contributed by atoms with Gasteiger partial charge >= 0.3 is 0 Å². The van der Waals surface area contributed by atoms with Crippen molar-refractivity contribution in [1.29, 1.82) is 0 Å². The van der Waals surface area contributed by atoms with Crippen LogP contribution in [-0.4, -0.2) is 28.6 Å². The Kier molecular flexibility index (Phi) is 4.62. The summed E-state index contributed by atoms with van der Waals surface area (Å²) in [6.45, 7) is 6.44. The van der Waals surface area contributed by atoms with Gasteiger partial charge < -0.3 is 10.2 Å². The summed E-state index contributed by atoms with van der Waals surface area (Å²) in [6.07, 6.45) is 1.01. The van der Waals surface area contributed by atoms with E-state index in [4.69, 9.17) is 0 Å². The molecule has 0 spiro atoms. The molecule has 24 heavy (non-hydrogen) atoms. The van der Waals surface area contributed by atoms with Gasteiger partial charge in [-0.1, -0.05) is 24.3 Å². The quantitative estimate of drug-likeness (QED) is 0.925. The first-order valence-corrected chi connectivity index (χ1v) is 8.80. The first-order chi connectivity index (χ1) is 11.5. The molecule has 3 rings (SSSR count). The molecule has 0 bridgehead atoms. The van der Waals surface area contributed by atoms with Gasteiger partial charge in [-0.25, -0.2) is 0 Å². The summed E-state index contributed by atoms with van der Waals surface area (Å²) in [7, 11) is 0. The average Bonchev–Trinajstić information content (AvgIpc) is 3.16. The number of hydrogen-bond donors (Lipinski definition) is 1. The number of hydrogen-bond acceptors (Lipinski definition) is 5. The van der Waals surface area contributed by atoms with E-state index < -0.39 is 0 Å². The fourth-order valence-electron chi connectivity index (χ4n) is 2.68. The van der Waals surface area contributed by atoms with Crippen LogP contribution in [0.3, 0.4) is 0 Å². The Hall–Kier alpha value is -2.28. The van der Waals surface area contributed by atoms with Gasteiger partial charge in [-0.15, -0.1) is 10.2 Å². The highest BCUT2D eigenvalue weighted by atomic mass is 32.1. The van der Waals surface area contributed by atoms with E-state index in [9.17, 15) is 9.59 Å². The lowest BCUT2D eigenvalue weighted by molar-refractivity contribution is -0.122. The lowest BCUT2D eigenvalue weighted by Gasteiger charge is -2.17. The normalized spacial score (nSPS) is 17.4. The number of aromatic nitrogens is 2. The Morgan fingerprint density at radius 1 is 1.33 bits per heavy atom. The molecular formula is C17H20N4O2S. The van der Waals surface area contributed by atoms with Crippen molar-refractivity contribution in [3.8, 4) is 0 Å². The summed E-state index contributed by atoms with van der Waals surface area (Å²) in [5.74, 6) is -0.563. The molecule has 1 aliphatic heterocycles. The maximum Gasteiger partial charge on any atom is 0.231 e. The molecule has 126 valence electrons. The molecule has 7 heteroatoms. The smallest absolute Gasteiger partial charge is 0.231 e. The number of nitrogens with one attached hydrogen (secondary N) is 1. The monoisotopic (exact) mass is 344 g/mol. The zero-order valence-electron chi connectivity index (χ0n) is 14.0. The molecule has 6 nitrogen and oxygen atoms in total. The van der Waals surface area contributed by atoms with Crippen molar-refractivity contribution in [3.05, 3.63) is 34.3 Å². The third-order valence-electron chi connectivity index (χ3n) is 4.30. The molecule has 1 aromatic carbocycles. The van der Waals surface area contributed by atoms with E-state index in [2.05, 4.69) is 15.5 Å². The molecule has 2 amide bonds. The summed E-state index contributed by atoms with van der Waals surface area (Å²) >= 11 is 1.37. The Bertz CT molecular complexity index is 787. The topological polar surface area (TPSA) is 75.2 Å². The molecule has 1 aromatic heterocycles. The number of anilines is 2. The maximum atomic E-state index is 12.4. The third kappa shape index (κ3) is 3.31. The first kappa shape index (κ1) is 16.6. The minimum absolute atomic E-state index is 0.0232. The summed E-state index contributed by atoms with van der Waals surface area (Å²) in [5, 5.41) is 12.1. The Morgan fingerprint density at radius 3 is 2.79 bits per heavy atom. The van der Waals surface area contributed by atoms with E-state index >= 15 is 0 Å². The van der Waals surface area contributed by atoms with E-state index in [0.29, 0.717) is 11.7 Å². The lowest BCUT2D eigenvalue weighted by atomic mass is 10.1. The van der Waals surface area contributed by atoms with Gasteiger partial charge in [0.05, 0.1) is 5.92 Å². The molecule has 1 aliphatic rings. The zero-order valence-corrected chi connectivity index (χ0v) is 14.8. The van der Waals surface area contributed by atoms with Crippen LogP contribution in [0.1, 0.15) is 29.5 Å². The van der Waals surface area contributed by atoms with Crippen LogP contribution < -0.4 is 10.2 Å². The number of benzene rings is 1. The number of carbonyl (C=O) groups excluding carboxylic acids is 2. The minimum Gasteiger partial charge on any atom is -0.312 e. The lowest BCUT2D eigenvalue weighted by Crippen LogP contribution is -2.28. The molecule has 2 heterocycles. The number of rotatable bonds is 4. The highest BCUT2D eigenvalue weighted by molar-refractivity contribution is 7.15. The molecule has 1 fully saturated rings. The van der Waals surface area contributed by atoms with Crippen molar-refractivity contribution in [2.24, 2.45) is 5.92 Å². The van der Waals surface area contributed by atoms with Crippen molar-refractivity contribution in [3.63, 3.8) is 0 Å². The van der Waals surface area contributed by atoms with Gasteiger partial charge in [0.1, 0.15) is 5.01 Å². The van der Waals surface area contributed by atoms with E-state index in [1.165, 1.54) is 16.9 Å². The van der Waals surface area contributed by atoms with E-state index in [1.807, 2.05) is 39.0 Å². The molecule has 1 N–H and O–H groups in total. The largest absolute Gasteiger partial charge is 0.312 e. The average molecular weight is 344 g/mol. The summed E-state index contributed by atoms with van der Waals surface area (Å²) in [6, 6.07) is 5.92. The molecule has 0 saturated carbocycles. The predicted octanol–water partition coefficient (Wildman–Crippen LogP) is 2.71. The van der Waals surface area contributed by atoms with Crippen LogP contribution in [0.2, 0.25) is 0 Å². The maximum absolute atomic E-state index is 12.4. The van der Waals surface area contributed by atoms with Gasteiger partial charge in [-0.2, -0.15) is 0 Å². The summed E-state index contributed by atoms with van der Waals surface area (Å²) in [5.41, 5.74) is 3.17. The third-order valence-corrected chi connectivity index (χ3v) is 5.28. The standard InChI is InChI=1S/C17H20N4O2S/c1-4-14-19-20-17(24-14)18-16(23)12-8-15(22)21(9-12)13-6-5-10(2)11(3)7-13/h5-7,12H,4,8-9H2,1-3H3,(H,18,20,23)/t12-/m0/s1. The van der Waals surface area contributed by atoms with Crippen LogP contribution in [-0.2, 0) is 16.0 Å². The van der Waals surface area contributed by atoms with Crippen LogP contribution in [0.25, 0.3) is 0 Å². The number of amides is 2. The van der Waals surface area contributed by atoms with Gasteiger partial charge in [0.25, 0.3) is 0 Å². The van der Waals surface area contributed by atoms with Crippen molar-refractivity contribution in [2.45, 2.75) is 33.6 Å². The summed E-state index contributed by atoms with van der Waals surface area (Å²) in [4.78, 5) is 26.4. The fraction of sp³-hybridized carbons (Fsp3) is 0.412. The van der Waals surface area contributed by atoms with Crippen LogP contribution in [0, 0.1) is 19.8 Å².